The Labute approximate surface area is 126 Å². The Kier molecular flexibility index (Phi) is 3.98. The minimum Gasteiger partial charge on any atom is -0.309 e. The van der Waals surface area contributed by atoms with Gasteiger partial charge in [0, 0.05) is 10.6 Å². The van der Waals surface area contributed by atoms with Crippen LogP contribution >= 0.6 is 23.2 Å². The number of hydrogen-bond donors (Lipinski definition) is 3. The number of hydrogen-bond acceptors (Lipinski definition) is 4. The van der Waals surface area contributed by atoms with Gasteiger partial charge in [-0.1, -0.05) is 29.8 Å². The highest BCUT2D eigenvalue weighted by Gasteiger charge is 2.40. The summed E-state index contributed by atoms with van der Waals surface area (Å²) in [5, 5.41) is -0.877. The Morgan fingerprint density at radius 1 is 1.30 bits per heavy atom. The van der Waals surface area contributed by atoms with Crippen molar-refractivity contribution < 1.29 is 13.0 Å². The molecule has 0 fully saturated rings. The van der Waals surface area contributed by atoms with Crippen LogP contribution in [0.5, 0.6) is 0 Å². The number of rotatable bonds is 2. The standard InChI is InChI=1S/C12H12Cl2N2O3S/c13-8-3-1-2-7(6-8)9-4-5-12(15,16)11(14)10(9)20(17,18)19/h1-6,11H,15-16H2,(H,17,18,19). The lowest BCUT2D eigenvalue weighted by Crippen LogP contribution is -2.57. The smallest absolute Gasteiger partial charge is 0.292 e. The molecule has 0 aliphatic heterocycles. The van der Waals surface area contributed by atoms with Gasteiger partial charge in [0.2, 0.25) is 0 Å². The van der Waals surface area contributed by atoms with Gasteiger partial charge in [0.1, 0.15) is 15.9 Å². The summed E-state index contributed by atoms with van der Waals surface area (Å²) in [6, 6.07) is 6.48. The molecule has 2 rings (SSSR count). The van der Waals surface area contributed by atoms with Gasteiger partial charge in [-0.3, -0.25) is 4.55 Å². The number of allylic oxidation sites excluding steroid dienone is 2. The molecule has 1 unspecified atom stereocenters. The minimum atomic E-state index is -4.56. The third-order valence-electron chi connectivity index (χ3n) is 2.89. The van der Waals surface area contributed by atoms with E-state index in [9.17, 15) is 13.0 Å². The molecule has 0 aromatic heterocycles. The van der Waals surface area contributed by atoms with Gasteiger partial charge in [-0.25, -0.2) is 0 Å². The van der Waals surface area contributed by atoms with Gasteiger partial charge in [-0.05, 0) is 23.8 Å². The van der Waals surface area contributed by atoms with E-state index >= 15 is 0 Å². The van der Waals surface area contributed by atoms with Crippen LogP contribution < -0.4 is 11.5 Å². The van der Waals surface area contributed by atoms with Crippen LogP contribution in [0.3, 0.4) is 0 Å². The predicted molar refractivity (Wildman–Crippen MR) is 79.8 cm³/mol. The van der Waals surface area contributed by atoms with Gasteiger partial charge >= 0.3 is 0 Å². The van der Waals surface area contributed by atoms with Crippen molar-refractivity contribution in [3.8, 4) is 0 Å². The Morgan fingerprint density at radius 3 is 2.50 bits per heavy atom. The average molecular weight is 335 g/mol. The highest BCUT2D eigenvalue weighted by Crippen LogP contribution is 2.36. The number of benzene rings is 1. The zero-order valence-corrected chi connectivity index (χ0v) is 12.5. The van der Waals surface area contributed by atoms with Crippen LogP contribution in [0.1, 0.15) is 5.56 Å². The second-order valence-corrected chi connectivity index (χ2v) is 6.72. The van der Waals surface area contributed by atoms with Gasteiger partial charge in [0.15, 0.2) is 0 Å². The monoisotopic (exact) mass is 334 g/mol. The topological polar surface area (TPSA) is 106 Å². The molecule has 1 atom stereocenters. The Morgan fingerprint density at radius 2 is 1.95 bits per heavy atom. The molecule has 0 spiro atoms. The van der Waals surface area contributed by atoms with Gasteiger partial charge in [0.05, 0.1) is 0 Å². The first-order valence-corrected chi connectivity index (χ1v) is 7.77. The first-order chi connectivity index (χ1) is 9.13. The molecule has 0 saturated carbocycles. The molecule has 1 aliphatic rings. The lowest BCUT2D eigenvalue weighted by molar-refractivity contribution is 0.480. The summed E-state index contributed by atoms with van der Waals surface area (Å²) in [5.41, 5.74) is 10.5. The lowest BCUT2D eigenvalue weighted by atomic mass is 9.93. The maximum atomic E-state index is 11.6. The van der Waals surface area contributed by atoms with E-state index in [4.69, 9.17) is 34.7 Å². The molecule has 5 N–H and O–H groups in total. The maximum absolute atomic E-state index is 11.6. The van der Waals surface area contributed by atoms with E-state index in [2.05, 4.69) is 0 Å². The summed E-state index contributed by atoms with van der Waals surface area (Å²) in [6.07, 6.45) is 2.79. The van der Waals surface area contributed by atoms with Gasteiger partial charge in [-0.2, -0.15) is 8.42 Å². The van der Waals surface area contributed by atoms with Crippen LogP contribution in [0.2, 0.25) is 5.02 Å². The quantitative estimate of drug-likeness (QED) is 0.433. The minimum absolute atomic E-state index is 0.210. The molecule has 108 valence electrons. The highest BCUT2D eigenvalue weighted by atomic mass is 35.5. The van der Waals surface area contributed by atoms with Gasteiger partial charge < -0.3 is 11.5 Å². The van der Waals surface area contributed by atoms with E-state index in [-0.39, 0.29) is 5.57 Å². The molecule has 0 bridgehead atoms. The predicted octanol–water partition coefficient (Wildman–Crippen LogP) is 1.73. The molecular weight excluding hydrogens is 323 g/mol. The van der Waals surface area contributed by atoms with E-state index in [0.717, 1.165) is 0 Å². The van der Waals surface area contributed by atoms with Crippen molar-refractivity contribution in [2.24, 2.45) is 11.5 Å². The first kappa shape index (κ1) is 15.5. The van der Waals surface area contributed by atoms with Crippen molar-refractivity contribution in [3.05, 3.63) is 51.9 Å². The molecule has 0 amide bonds. The number of alkyl halides is 1. The Bertz CT molecular complexity index is 711. The van der Waals surface area contributed by atoms with Crippen molar-refractivity contribution in [3.63, 3.8) is 0 Å². The fraction of sp³-hybridized carbons (Fsp3) is 0.167. The average Bonchev–Trinajstić information content (AvgIpc) is 2.30. The van der Waals surface area contributed by atoms with Crippen LogP contribution in [0.25, 0.3) is 5.57 Å². The summed E-state index contributed by atoms with van der Waals surface area (Å²) in [7, 11) is -4.56. The van der Waals surface area contributed by atoms with Crippen LogP contribution in [0.15, 0.2) is 41.3 Å². The van der Waals surface area contributed by atoms with Gasteiger partial charge in [0.25, 0.3) is 10.1 Å². The lowest BCUT2D eigenvalue weighted by Gasteiger charge is -2.31. The zero-order valence-electron chi connectivity index (χ0n) is 10.1. The van der Waals surface area contributed by atoms with E-state index in [1.807, 2.05) is 0 Å². The third kappa shape index (κ3) is 2.90. The summed E-state index contributed by atoms with van der Waals surface area (Å²) < 4.78 is 32.6. The van der Waals surface area contributed by atoms with Crippen LogP contribution in [0, 0.1) is 0 Å². The van der Waals surface area contributed by atoms with E-state index in [1.54, 1.807) is 24.3 Å². The first-order valence-electron chi connectivity index (χ1n) is 5.51. The van der Waals surface area contributed by atoms with Crippen molar-refractivity contribution in [1.29, 1.82) is 0 Å². The van der Waals surface area contributed by atoms with Gasteiger partial charge in [-0.15, -0.1) is 11.6 Å². The largest absolute Gasteiger partial charge is 0.309 e. The molecule has 1 aromatic carbocycles. The molecular formula is C12H12Cl2N2O3S. The Balaban J connectivity index is 2.73. The van der Waals surface area contributed by atoms with Crippen LogP contribution in [-0.4, -0.2) is 24.0 Å². The SMILES string of the molecule is NC1(N)C=CC(c2cccc(Cl)c2)=C(S(=O)(=O)O)C1Cl. The molecule has 0 saturated heterocycles. The molecule has 5 nitrogen and oxygen atoms in total. The van der Waals surface area contributed by atoms with E-state index < -0.39 is 26.1 Å². The maximum Gasteiger partial charge on any atom is 0.292 e. The third-order valence-corrected chi connectivity index (χ3v) is 4.86. The molecule has 0 heterocycles. The Hall–Kier alpha value is -0.890. The summed E-state index contributed by atoms with van der Waals surface area (Å²) >= 11 is 11.9. The number of halogens is 2. The van der Waals surface area contributed by atoms with E-state index in [0.29, 0.717) is 10.6 Å². The highest BCUT2D eigenvalue weighted by molar-refractivity contribution is 7.90. The van der Waals surface area contributed by atoms with Crippen LogP contribution in [-0.2, 0) is 10.1 Å². The van der Waals surface area contributed by atoms with E-state index in [1.165, 1.54) is 12.2 Å². The van der Waals surface area contributed by atoms with Crippen molar-refractivity contribution in [2.75, 3.05) is 0 Å². The summed E-state index contributed by atoms with van der Waals surface area (Å²) in [4.78, 5) is -0.436. The summed E-state index contributed by atoms with van der Waals surface area (Å²) in [6.45, 7) is 0. The van der Waals surface area contributed by atoms with Crippen molar-refractivity contribution in [1.82, 2.24) is 0 Å². The molecule has 20 heavy (non-hydrogen) atoms. The molecule has 1 aromatic rings. The summed E-state index contributed by atoms with van der Waals surface area (Å²) in [5.74, 6) is 0. The number of nitrogens with two attached hydrogens (primary N) is 2. The second kappa shape index (κ2) is 5.14. The molecule has 0 radical (unpaired) electrons. The fourth-order valence-corrected chi connectivity index (χ4v) is 3.57. The van der Waals surface area contributed by atoms with Crippen molar-refractivity contribution >= 4 is 38.9 Å². The van der Waals surface area contributed by atoms with Crippen molar-refractivity contribution in [2.45, 2.75) is 11.0 Å². The van der Waals surface area contributed by atoms with Crippen LogP contribution in [0.4, 0.5) is 0 Å². The zero-order chi connectivity index (χ0) is 15.1. The molecule has 1 aliphatic carbocycles. The second-order valence-electron chi connectivity index (χ2n) is 4.46. The molecule has 8 heteroatoms. The normalized spacial score (nSPS) is 22.1. The fourth-order valence-electron chi connectivity index (χ4n) is 1.92.